The minimum Gasteiger partial charge on any atom is -0.339 e. The predicted octanol–water partition coefficient (Wildman–Crippen LogP) is 3.94. The molecule has 4 nitrogen and oxygen atoms in total. The van der Waals surface area contributed by atoms with Gasteiger partial charge in [-0.05, 0) is 18.2 Å². The van der Waals surface area contributed by atoms with Crippen LogP contribution in [-0.2, 0) is 0 Å². The smallest absolute Gasteiger partial charge is 0.187 e. The molecule has 5 heteroatoms. The molecule has 0 amide bonds. The number of aromatic amines is 1. The Hall–Kier alpha value is -2.84. The summed E-state index contributed by atoms with van der Waals surface area (Å²) in [5, 5.41) is 11.4. The first kappa shape index (κ1) is 12.9. The van der Waals surface area contributed by atoms with Gasteiger partial charge in [0.15, 0.2) is 5.16 Å². The molecule has 22 heavy (non-hydrogen) atoms. The third-order valence-electron chi connectivity index (χ3n) is 3.62. The number of thiol groups is 1. The number of nitrogens with one attached hydrogen (secondary N) is 1. The van der Waals surface area contributed by atoms with E-state index < -0.39 is 0 Å². The van der Waals surface area contributed by atoms with Crippen molar-refractivity contribution in [3.05, 3.63) is 54.1 Å². The number of fused-ring (bicyclic) bond motifs is 3. The molecular formula is C17H10N4S. The number of rotatable bonds is 1. The van der Waals surface area contributed by atoms with E-state index in [2.05, 4.69) is 33.6 Å². The fraction of sp³-hybridized carbons (Fsp3) is 0. The molecule has 0 aliphatic rings. The number of H-pyrrole nitrogens is 1. The van der Waals surface area contributed by atoms with Crippen LogP contribution in [0.1, 0.15) is 5.56 Å². The maximum atomic E-state index is 9.13. The van der Waals surface area contributed by atoms with Crippen molar-refractivity contribution in [2.24, 2.45) is 0 Å². The number of benzene rings is 2. The monoisotopic (exact) mass is 302 g/mol. The Bertz CT molecular complexity index is 1050. The summed E-state index contributed by atoms with van der Waals surface area (Å²) in [5.41, 5.74) is 4.08. The number of hydrogen-bond acceptors (Lipinski definition) is 4. The van der Waals surface area contributed by atoms with Crippen LogP contribution in [0.25, 0.3) is 33.2 Å². The van der Waals surface area contributed by atoms with Crippen molar-refractivity contribution in [2.45, 2.75) is 5.16 Å². The summed E-state index contributed by atoms with van der Waals surface area (Å²) < 4.78 is 0. The van der Waals surface area contributed by atoms with Crippen molar-refractivity contribution in [3.8, 4) is 17.3 Å². The van der Waals surface area contributed by atoms with Crippen molar-refractivity contribution in [3.63, 3.8) is 0 Å². The molecule has 0 bridgehead atoms. The summed E-state index contributed by atoms with van der Waals surface area (Å²) in [6.45, 7) is 0. The lowest BCUT2D eigenvalue weighted by atomic mass is 10.1. The van der Waals surface area contributed by atoms with Crippen LogP contribution in [0.5, 0.6) is 0 Å². The van der Waals surface area contributed by atoms with Crippen molar-refractivity contribution in [2.75, 3.05) is 0 Å². The molecule has 4 rings (SSSR count). The standard InChI is InChI=1S/C17H10N4S/c18-9-10-6-7-13-12(8-10)14-15(11-4-2-1-3-5-11)20-17(22)21-16(14)19-13/h1-8H,(H2,19,20,21,22). The Morgan fingerprint density at radius 1 is 1.05 bits per heavy atom. The number of aromatic nitrogens is 3. The molecule has 104 valence electrons. The molecule has 2 aromatic carbocycles. The van der Waals surface area contributed by atoms with Gasteiger partial charge in [0.05, 0.1) is 22.7 Å². The normalized spacial score (nSPS) is 10.9. The van der Waals surface area contributed by atoms with Crippen LogP contribution in [0.2, 0.25) is 0 Å². The zero-order valence-electron chi connectivity index (χ0n) is 11.4. The van der Waals surface area contributed by atoms with Crippen molar-refractivity contribution in [1.29, 1.82) is 5.26 Å². The Morgan fingerprint density at radius 3 is 2.64 bits per heavy atom. The summed E-state index contributed by atoms with van der Waals surface area (Å²) in [6, 6.07) is 17.6. The second-order valence-corrected chi connectivity index (χ2v) is 5.36. The molecule has 0 saturated carbocycles. The first-order valence-electron chi connectivity index (χ1n) is 6.74. The van der Waals surface area contributed by atoms with Gasteiger partial charge in [0, 0.05) is 16.5 Å². The third kappa shape index (κ3) is 1.93. The Morgan fingerprint density at radius 2 is 1.86 bits per heavy atom. The highest BCUT2D eigenvalue weighted by atomic mass is 32.1. The molecule has 0 saturated heterocycles. The third-order valence-corrected chi connectivity index (χ3v) is 3.82. The van der Waals surface area contributed by atoms with Crippen LogP contribution < -0.4 is 0 Å². The van der Waals surface area contributed by atoms with Gasteiger partial charge >= 0.3 is 0 Å². The average molecular weight is 302 g/mol. The molecule has 2 aromatic heterocycles. The second-order valence-electron chi connectivity index (χ2n) is 4.96. The van der Waals surface area contributed by atoms with E-state index in [0.717, 1.165) is 33.2 Å². The van der Waals surface area contributed by atoms with E-state index in [0.29, 0.717) is 10.7 Å². The van der Waals surface area contributed by atoms with Crippen LogP contribution in [0.4, 0.5) is 0 Å². The van der Waals surface area contributed by atoms with E-state index >= 15 is 0 Å². The molecule has 0 unspecified atom stereocenters. The minimum atomic E-state index is 0.415. The van der Waals surface area contributed by atoms with Crippen LogP contribution in [0.3, 0.4) is 0 Å². The zero-order valence-corrected chi connectivity index (χ0v) is 12.3. The SMILES string of the molecule is N#Cc1ccc2[nH]c3nc(S)nc(-c4ccccc4)c3c2c1. The van der Waals surface area contributed by atoms with Crippen LogP contribution >= 0.6 is 12.6 Å². The predicted molar refractivity (Wildman–Crippen MR) is 88.8 cm³/mol. The maximum absolute atomic E-state index is 9.13. The zero-order chi connectivity index (χ0) is 15.1. The fourth-order valence-corrected chi connectivity index (χ4v) is 2.86. The summed E-state index contributed by atoms with van der Waals surface area (Å²) in [7, 11) is 0. The van der Waals surface area contributed by atoms with Crippen LogP contribution in [-0.4, -0.2) is 15.0 Å². The molecule has 2 heterocycles. The molecule has 0 aliphatic heterocycles. The first-order chi connectivity index (χ1) is 10.8. The van der Waals surface area contributed by atoms with E-state index in [1.54, 1.807) is 6.07 Å². The Balaban J connectivity index is 2.17. The maximum Gasteiger partial charge on any atom is 0.187 e. The van der Waals surface area contributed by atoms with E-state index in [9.17, 15) is 0 Å². The lowest BCUT2D eigenvalue weighted by molar-refractivity contribution is 1.01. The van der Waals surface area contributed by atoms with Gasteiger partial charge in [-0.25, -0.2) is 9.97 Å². The Labute approximate surface area is 131 Å². The fourth-order valence-electron chi connectivity index (χ4n) is 2.66. The van der Waals surface area contributed by atoms with Crippen LogP contribution in [0, 0.1) is 11.3 Å². The molecule has 0 fully saturated rings. The molecule has 0 aliphatic carbocycles. The van der Waals surface area contributed by atoms with Gasteiger partial charge in [-0.15, -0.1) is 12.6 Å². The van der Waals surface area contributed by atoms with E-state index in [1.807, 2.05) is 42.5 Å². The lowest BCUT2D eigenvalue weighted by Gasteiger charge is -2.04. The van der Waals surface area contributed by atoms with Gasteiger partial charge in [-0.2, -0.15) is 5.26 Å². The number of hydrogen-bond donors (Lipinski definition) is 2. The van der Waals surface area contributed by atoms with Gasteiger partial charge < -0.3 is 4.98 Å². The second kappa shape index (κ2) is 4.86. The largest absolute Gasteiger partial charge is 0.339 e. The first-order valence-corrected chi connectivity index (χ1v) is 7.19. The number of nitriles is 1. The van der Waals surface area contributed by atoms with E-state index in [1.165, 1.54) is 0 Å². The summed E-state index contributed by atoms with van der Waals surface area (Å²) in [4.78, 5) is 12.1. The average Bonchev–Trinajstić information content (AvgIpc) is 2.91. The highest BCUT2D eigenvalue weighted by Gasteiger charge is 2.14. The van der Waals surface area contributed by atoms with Crippen molar-refractivity contribution < 1.29 is 0 Å². The van der Waals surface area contributed by atoms with Gasteiger partial charge in [0.2, 0.25) is 0 Å². The summed E-state index contributed by atoms with van der Waals surface area (Å²) in [5.74, 6) is 0. The van der Waals surface area contributed by atoms with E-state index in [4.69, 9.17) is 5.26 Å². The van der Waals surface area contributed by atoms with Crippen LogP contribution in [0.15, 0.2) is 53.7 Å². The van der Waals surface area contributed by atoms with Crippen molar-refractivity contribution in [1.82, 2.24) is 15.0 Å². The molecular weight excluding hydrogens is 292 g/mol. The lowest BCUT2D eigenvalue weighted by Crippen LogP contribution is -1.90. The van der Waals surface area contributed by atoms with Crippen molar-refractivity contribution >= 4 is 34.6 Å². The van der Waals surface area contributed by atoms with Gasteiger partial charge in [0.1, 0.15) is 5.65 Å². The highest BCUT2D eigenvalue weighted by Crippen LogP contribution is 2.33. The van der Waals surface area contributed by atoms with Gasteiger partial charge in [0.25, 0.3) is 0 Å². The summed E-state index contributed by atoms with van der Waals surface area (Å²) >= 11 is 4.31. The summed E-state index contributed by atoms with van der Waals surface area (Å²) in [6.07, 6.45) is 0. The van der Waals surface area contributed by atoms with E-state index in [-0.39, 0.29) is 0 Å². The molecule has 4 aromatic rings. The Kier molecular flexibility index (Phi) is 2.84. The van der Waals surface area contributed by atoms with Gasteiger partial charge in [-0.1, -0.05) is 30.3 Å². The number of nitrogens with zero attached hydrogens (tertiary/aromatic N) is 3. The molecule has 1 N–H and O–H groups in total. The molecule has 0 spiro atoms. The minimum absolute atomic E-state index is 0.415. The highest BCUT2D eigenvalue weighted by molar-refractivity contribution is 7.80. The topological polar surface area (TPSA) is 65.4 Å². The molecule has 0 atom stereocenters. The quantitative estimate of drug-likeness (QED) is 0.413. The molecule has 0 radical (unpaired) electrons. The van der Waals surface area contributed by atoms with Gasteiger partial charge in [-0.3, -0.25) is 0 Å².